The SMILES string of the molecule is Cc1ccc2c(c1)CCCN2C(=O)CCCNC(C)C. The average molecular weight is 274 g/mol. The van der Waals surface area contributed by atoms with Gasteiger partial charge >= 0.3 is 0 Å². The van der Waals surface area contributed by atoms with Crippen molar-refractivity contribution in [1.82, 2.24) is 5.32 Å². The minimum absolute atomic E-state index is 0.264. The lowest BCUT2D eigenvalue weighted by Gasteiger charge is -2.30. The van der Waals surface area contributed by atoms with Crippen molar-refractivity contribution in [1.29, 1.82) is 0 Å². The molecule has 0 radical (unpaired) electrons. The van der Waals surface area contributed by atoms with Crippen LogP contribution in [0.5, 0.6) is 0 Å². The number of aryl methyl sites for hydroxylation is 2. The summed E-state index contributed by atoms with van der Waals surface area (Å²) in [5.41, 5.74) is 3.73. The fourth-order valence-corrected chi connectivity index (χ4v) is 2.75. The van der Waals surface area contributed by atoms with Crippen LogP contribution in [0.15, 0.2) is 18.2 Å². The Balaban J connectivity index is 1.95. The number of hydrogen-bond donors (Lipinski definition) is 1. The first-order valence-electron chi connectivity index (χ1n) is 7.71. The van der Waals surface area contributed by atoms with Crippen molar-refractivity contribution in [2.24, 2.45) is 0 Å². The van der Waals surface area contributed by atoms with E-state index in [1.807, 2.05) is 4.90 Å². The van der Waals surface area contributed by atoms with E-state index < -0.39 is 0 Å². The fourth-order valence-electron chi connectivity index (χ4n) is 2.75. The van der Waals surface area contributed by atoms with Gasteiger partial charge in [0.15, 0.2) is 0 Å². The van der Waals surface area contributed by atoms with Crippen LogP contribution in [-0.4, -0.2) is 25.0 Å². The number of nitrogens with zero attached hydrogens (tertiary/aromatic N) is 1. The molecule has 0 saturated carbocycles. The molecule has 110 valence electrons. The first kappa shape index (κ1) is 15.0. The van der Waals surface area contributed by atoms with E-state index in [1.54, 1.807) is 0 Å². The first-order chi connectivity index (χ1) is 9.58. The summed E-state index contributed by atoms with van der Waals surface area (Å²) in [6, 6.07) is 6.91. The topological polar surface area (TPSA) is 32.3 Å². The highest BCUT2D eigenvalue weighted by Crippen LogP contribution is 2.28. The maximum Gasteiger partial charge on any atom is 0.227 e. The number of anilines is 1. The molecule has 0 atom stereocenters. The van der Waals surface area contributed by atoms with E-state index in [0.717, 1.165) is 38.0 Å². The third-order valence-corrected chi connectivity index (χ3v) is 3.77. The fraction of sp³-hybridized carbons (Fsp3) is 0.588. The molecule has 1 heterocycles. The number of nitrogens with one attached hydrogen (secondary N) is 1. The Bertz CT molecular complexity index is 468. The summed E-state index contributed by atoms with van der Waals surface area (Å²) in [5.74, 6) is 0.264. The third-order valence-electron chi connectivity index (χ3n) is 3.77. The molecule has 0 unspecified atom stereocenters. The summed E-state index contributed by atoms with van der Waals surface area (Å²) in [7, 11) is 0. The molecule has 0 bridgehead atoms. The van der Waals surface area contributed by atoms with Gasteiger partial charge in [0.05, 0.1) is 0 Å². The molecular weight excluding hydrogens is 248 g/mol. The zero-order valence-corrected chi connectivity index (χ0v) is 12.9. The second kappa shape index (κ2) is 6.89. The van der Waals surface area contributed by atoms with E-state index in [2.05, 4.69) is 44.3 Å². The zero-order chi connectivity index (χ0) is 14.5. The molecule has 3 nitrogen and oxygen atoms in total. The van der Waals surface area contributed by atoms with Crippen LogP contribution in [0.3, 0.4) is 0 Å². The molecule has 0 saturated heterocycles. The normalized spacial score (nSPS) is 14.5. The Labute approximate surface area is 122 Å². The van der Waals surface area contributed by atoms with Crippen molar-refractivity contribution in [2.45, 2.75) is 52.5 Å². The molecule has 1 aliphatic rings. The van der Waals surface area contributed by atoms with E-state index in [9.17, 15) is 4.79 Å². The lowest BCUT2D eigenvalue weighted by Crippen LogP contribution is -2.36. The molecule has 0 aliphatic carbocycles. The molecule has 20 heavy (non-hydrogen) atoms. The highest BCUT2D eigenvalue weighted by atomic mass is 16.2. The van der Waals surface area contributed by atoms with Gasteiger partial charge in [-0.15, -0.1) is 0 Å². The van der Waals surface area contributed by atoms with Gasteiger partial charge in [0, 0.05) is 24.7 Å². The van der Waals surface area contributed by atoms with Crippen LogP contribution in [0.2, 0.25) is 0 Å². The smallest absolute Gasteiger partial charge is 0.227 e. The van der Waals surface area contributed by atoms with Crippen molar-refractivity contribution in [3.63, 3.8) is 0 Å². The van der Waals surface area contributed by atoms with Crippen molar-refractivity contribution in [3.05, 3.63) is 29.3 Å². The van der Waals surface area contributed by atoms with Gasteiger partial charge < -0.3 is 10.2 Å². The van der Waals surface area contributed by atoms with Crippen LogP contribution in [0.4, 0.5) is 5.69 Å². The highest BCUT2D eigenvalue weighted by molar-refractivity contribution is 5.94. The number of carbonyl (C=O) groups excluding carboxylic acids is 1. The summed E-state index contributed by atoms with van der Waals surface area (Å²) in [6.45, 7) is 8.15. The molecular formula is C17H26N2O. The van der Waals surface area contributed by atoms with Gasteiger partial charge in [-0.3, -0.25) is 4.79 Å². The van der Waals surface area contributed by atoms with Crippen LogP contribution in [0.1, 0.15) is 44.2 Å². The lowest BCUT2D eigenvalue weighted by atomic mass is 9.99. The van der Waals surface area contributed by atoms with Crippen LogP contribution in [-0.2, 0) is 11.2 Å². The Kier molecular flexibility index (Phi) is 5.18. The predicted octanol–water partition coefficient (Wildman–Crippen LogP) is 3.05. The Morgan fingerprint density at radius 2 is 2.20 bits per heavy atom. The van der Waals surface area contributed by atoms with E-state index in [-0.39, 0.29) is 5.91 Å². The predicted molar refractivity (Wildman–Crippen MR) is 84.2 cm³/mol. The maximum atomic E-state index is 12.4. The summed E-state index contributed by atoms with van der Waals surface area (Å²) in [5, 5.41) is 3.36. The second-order valence-electron chi connectivity index (χ2n) is 5.99. The molecule has 1 aromatic carbocycles. The molecule has 1 aromatic rings. The summed E-state index contributed by atoms with van der Waals surface area (Å²) < 4.78 is 0. The van der Waals surface area contributed by atoms with Gasteiger partial charge in [0.2, 0.25) is 5.91 Å². The number of hydrogen-bond acceptors (Lipinski definition) is 2. The number of carbonyl (C=O) groups is 1. The van der Waals surface area contributed by atoms with E-state index >= 15 is 0 Å². The second-order valence-corrected chi connectivity index (χ2v) is 5.99. The van der Waals surface area contributed by atoms with Crippen LogP contribution in [0.25, 0.3) is 0 Å². The van der Waals surface area contributed by atoms with Crippen LogP contribution in [0, 0.1) is 6.92 Å². The van der Waals surface area contributed by atoms with Gasteiger partial charge in [-0.1, -0.05) is 31.5 Å². The zero-order valence-electron chi connectivity index (χ0n) is 12.9. The largest absolute Gasteiger partial charge is 0.315 e. The number of benzene rings is 1. The number of amides is 1. The quantitative estimate of drug-likeness (QED) is 0.837. The summed E-state index contributed by atoms with van der Waals surface area (Å²) in [6.07, 6.45) is 3.71. The van der Waals surface area contributed by atoms with Gasteiger partial charge in [0.1, 0.15) is 0 Å². The minimum atomic E-state index is 0.264. The summed E-state index contributed by atoms with van der Waals surface area (Å²) in [4.78, 5) is 14.4. The van der Waals surface area contributed by atoms with Crippen molar-refractivity contribution < 1.29 is 4.79 Å². The maximum absolute atomic E-state index is 12.4. The van der Waals surface area contributed by atoms with Gasteiger partial charge in [-0.25, -0.2) is 0 Å². The van der Waals surface area contributed by atoms with Crippen LogP contribution >= 0.6 is 0 Å². The molecule has 1 amide bonds. The lowest BCUT2D eigenvalue weighted by molar-refractivity contribution is -0.118. The van der Waals surface area contributed by atoms with E-state index in [0.29, 0.717) is 12.5 Å². The minimum Gasteiger partial charge on any atom is -0.315 e. The van der Waals surface area contributed by atoms with E-state index in [1.165, 1.54) is 11.1 Å². The number of fused-ring (bicyclic) bond motifs is 1. The van der Waals surface area contributed by atoms with Gasteiger partial charge in [-0.05, 0) is 44.4 Å². The Hall–Kier alpha value is -1.35. The number of rotatable bonds is 5. The molecule has 1 aliphatic heterocycles. The highest BCUT2D eigenvalue weighted by Gasteiger charge is 2.21. The van der Waals surface area contributed by atoms with Crippen LogP contribution < -0.4 is 10.2 Å². The van der Waals surface area contributed by atoms with E-state index in [4.69, 9.17) is 0 Å². The Morgan fingerprint density at radius 3 is 2.95 bits per heavy atom. The van der Waals surface area contributed by atoms with Crippen molar-refractivity contribution >= 4 is 11.6 Å². The standard InChI is InChI=1S/C17H26N2O/c1-13(2)18-10-4-7-17(20)19-11-5-6-15-12-14(3)8-9-16(15)19/h8-9,12-13,18H,4-7,10-11H2,1-3H3. The molecule has 0 fully saturated rings. The molecule has 0 spiro atoms. The monoisotopic (exact) mass is 274 g/mol. The third kappa shape index (κ3) is 3.83. The van der Waals surface area contributed by atoms with Crippen molar-refractivity contribution in [2.75, 3.05) is 18.0 Å². The molecule has 1 N–H and O–H groups in total. The molecule has 3 heteroatoms. The van der Waals surface area contributed by atoms with Gasteiger partial charge in [-0.2, -0.15) is 0 Å². The average Bonchev–Trinajstić information content (AvgIpc) is 2.42. The first-order valence-corrected chi connectivity index (χ1v) is 7.71. The van der Waals surface area contributed by atoms with Gasteiger partial charge in [0.25, 0.3) is 0 Å². The summed E-state index contributed by atoms with van der Waals surface area (Å²) >= 11 is 0. The van der Waals surface area contributed by atoms with Crippen molar-refractivity contribution in [3.8, 4) is 0 Å². The molecule has 0 aromatic heterocycles. The Morgan fingerprint density at radius 1 is 1.40 bits per heavy atom. The molecule has 2 rings (SSSR count).